The van der Waals surface area contributed by atoms with Crippen LogP contribution < -0.4 is 0 Å². The molecule has 6 aromatic carbocycles. The van der Waals surface area contributed by atoms with Crippen LogP contribution in [0.15, 0.2) is 219 Å². The van der Waals surface area contributed by atoms with Crippen LogP contribution in [0, 0.1) is 87.4 Å². The summed E-state index contributed by atoms with van der Waals surface area (Å²) in [6.07, 6.45) is 9.38. The summed E-state index contributed by atoms with van der Waals surface area (Å²) in [5.74, 6) is -0.187. The summed E-state index contributed by atoms with van der Waals surface area (Å²) in [4.78, 5) is 61.9. The number of hydrogen-bond donors (Lipinski definition) is 3. The molecule has 0 aliphatic rings. The van der Waals surface area contributed by atoms with Gasteiger partial charge < -0.3 is 43.5 Å². The molecule has 0 aliphatic heterocycles. The number of nitrogens with zero attached hydrogens (tertiary/aromatic N) is 6. The molecule has 15 nitrogen and oxygen atoms in total. The van der Waals surface area contributed by atoms with E-state index in [4.69, 9.17) is 43.5 Å². The van der Waals surface area contributed by atoms with Crippen LogP contribution in [-0.4, -0.2) is 62.6 Å². The van der Waals surface area contributed by atoms with E-state index in [1.54, 1.807) is 11.3 Å². The predicted molar refractivity (Wildman–Crippen MR) is 490 cm³/mol. The van der Waals surface area contributed by atoms with Gasteiger partial charge in [-0.3, -0.25) is 14.4 Å². The van der Waals surface area contributed by atoms with Crippen LogP contribution in [0.5, 0.6) is 0 Å². The van der Waals surface area contributed by atoms with Crippen LogP contribution in [0.2, 0.25) is 0 Å². The smallest absolute Gasteiger partial charge is 0.216 e. The minimum atomic E-state index is -0.125. The molecule has 12 aromatic heterocycles. The number of fused-ring (bicyclic) bond motifs is 12. The Labute approximate surface area is 761 Å². The standard InChI is InChI=1S/C31H27N2OS.C28H21N2OS.C27H19N2OS.3C5H8O2.3Ir/c1-17-12-21(31(4,5)6)13-18(2)28(17)27-14-20-16-32-25(15-26(20)35-27)24-9-7-8-22-23-11-10-19(3)33-30(23)34-29(22)24;1-15-10-16(2)26(17(3)11-15)25-12-19-14-29-23(13-24(19)32-25)22-7-5-6-20-21-9-8-18(4)30-28(21)31-27(20)22;1-15-9-16(2)11-18(10-15)24-12-19-14-28-23(13-25(19)31-24)22-6-4-5-20-21-8-7-17(3)29-27(21)30-26(20)22;3*1-4(6)3-5(2)7;;;/h7-8,10-16H,1-6H3;5-6,8-14H,1-4H3;4-5,7-14H,1-3H3;3*3,6H,1-2H3;;;/q3*-1;;;;;;. The number of aliphatic hydroxyl groups is 3. The first-order valence-corrected chi connectivity index (χ1v) is 41.3. The second-order valence-corrected chi connectivity index (χ2v) is 34.5. The molecule has 18 aromatic rings. The minimum absolute atomic E-state index is 0. The first-order valence-electron chi connectivity index (χ1n) is 38.8. The van der Waals surface area contributed by atoms with E-state index < -0.39 is 0 Å². The van der Waals surface area contributed by atoms with E-state index in [9.17, 15) is 14.4 Å². The molecular formula is C101H91Ir3N6O9S3-3. The van der Waals surface area contributed by atoms with E-state index in [-0.39, 0.29) is 100 Å². The van der Waals surface area contributed by atoms with Gasteiger partial charge in [0.15, 0.2) is 17.3 Å². The van der Waals surface area contributed by atoms with Gasteiger partial charge in [-0.05, 0) is 232 Å². The Balaban J connectivity index is 0.000000169. The number of carbonyl (C=O) groups excluding carboxylic acids is 3. The number of ketones is 3. The molecule has 21 heteroatoms. The summed E-state index contributed by atoms with van der Waals surface area (Å²) in [7, 11) is 0. The fraction of sp³-hybridized carbons (Fsp3) is 0.198. The molecule has 627 valence electrons. The average molecular weight is 2210 g/mol. The Hall–Kier alpha value is -10.9. The Morgan fingerprint density at radius 2 is 0.664 bits per heavy atom. The number of carbonyl (C=O) groups is 3. The summed E-state index contributed by atoms with van der Waals surface area (Å²) >= 11 is 5.42. The Morgan fingerprint density at radius 3 is 0.959 bits per heavy atom. The number of benzene rings is 6. The molecule has 122 heavy (non-hydrogen) atoms. The number of rotatable bonds is 9. The SMILES string of the molecule is CC(=O)C=C(C)O.CC(=O)C=C(C)O.CC(=O)C=C(C)O.Cc1cc(C)c(-c2cc3cnc(-c4[c-]ccc5c4oc4nc(C)ccc45)cc3s2)c(C)c1.Cc1cc(C)cc(-c2cc3cnc(-c4[c-]ccc5c4oc4nc(C)ccc45)cc3s2)c1.Cc1ccc2c(n1)oc1c(-c3cc4sc(-c5c(C)cc(C(C)(C)C)cc5C)cc4cn3)[c-]ccc12.[Ir].[Ir].[Ir]. The Kier molecular flexibility index (Phi) is 30.2. The maximum Gasteiger partial charge on any atom is 0.216 e. The molecule has 0 fully saturated rings. The van der Waals surface area contributed by atoms with E-state index in [1.807, 2.05) is 117 Å². The third kappa shape index (κ3) is 21.6. The van der Waals surface area contributed by atoms with Crippen molar-refractivity contribution in [2.75, 3.05) is 0 Å². The van der Waals surface area contributed by atoms with Gasteiger partial charge in [-0.25, -0.2) is 15.0 Å². The van der Waals surface area contributed by atoms with Crippen molar-refractivity contribution in [3.8, 4) is 65.1 Å². The first kappa shape index (κ1) is 93.3. The van der Waals surface area contributed by atoms with Crippen molar-refractivity contribution in [2.45, 2.75) is 137 Å². The van der Waals surface area contributed by atoms with Crippen LogP contribution in [0.25, 0.3) is 162 Å². The first-order chi connectivity index (χ1) is 56.6. The number of furan rings is 3. The number of aromatic nitrogens is 6. The van der Waals surface area contributed by atoms with Gasteiger partial charge in [0.05, 0.1) is 34.0 Å². The van der Waals surface area contributed by atoms with Crippen molar-refractivity contribution < 1.29 is 103 Å². The number of pyridine rings is 6. The number of thiophene rings is 3. The molecular weight excluding hydrogens is 2110 g/mol. The van der Waals surface area contributed by atoms with Crippen molar-refractivity contribution in [2.24, 2.45) is 0 Å². The summed E-state index contributed by atoms with van der Waals surface area (Å²) in [5, 5.41) is 34.7. The normalized spacial score (nSPS) is 11.5. The van der Waals surface area contributed by atoms with Crippen LogP contribution in [0.3, 0.4) is 0 Å². The van der Waals surface area contributed by atoms with E-state index >= 15 is 0 Å². The fourth-order valence-electron chi connectivity index (χ4n) is 14.7. The zero-order valence-corrected chi connectivity index (χ0v) is 80.7. The summed E-state index contributed by atoms with van der Waals surface area (Å²) < 4.78 is 22.1. The molecule has 0 atom stereocenters. The molecule has 18 rings (SSSR count). The Morgan fingerprint density at radius 1 is 0.369 bits per heavy atom. The second kappa shape index (κ2) is 39.5. The number of hydrogen-bond acceptors (Lipinski definition) is 18. The van der Waals surface area contributed by atoms with E-state index in [2.05, 4.69) is 199 Å². The van der Waals surface area contributed by atoms with E-state index in [0.29, 0.717) is 17.1 Å². The molecule has 0 spiro atoms. The van der Waals surface area contributed by atoms with Crippen LogP contribution in [-0.2, 0) is 80.1 Å². The largest absolute Gasteiger partial charge is 0.512 e. The van der Waals surface area contributed by atoms with E-state index in [1.165, 1.54) is 150 Å². The van der Waals surface area contributed by atoms with Gasteiger partial charge >= 0.3 is 0 Å². The maximum atomic E-state index is 10.0. The molecule has 0 saturated carbocycles. The van der Waals surface area contributed by atoms with Crippen molar-refractivity contribution in [3.05, 3.63) is 286 Å². The van der Waals surface area contributed by atoms with Crippen LogP contribution in [0.4, 0.5) is 0 Å². The third-order valence-electron chi connectivity index (χ3n) is 19.6. The van der Waals surface area contributed by atoms with Crippen molar-refractivity contribution in [1.29, 1.82) is 0 Å². The van der Waals surface area contributed by atoms with Gasteiger partial charge in [-0.15, -0.1) is 88.6 Å². The summed E-state index contributed by atoms with van der Waals surface area (Å²) in [6, 6.07) is 63.3. The molecule has 0 unspecified atom stereocenters. The molecule has 0 bridgehead atoms. The zero-order valence-electron chi connectivity index (χ0n) is 71.1. The van der Waals surface area contributed by atoms with Crippen LogP contribution in [0.1, 0.15) is 124 Å². The summed E-state index contributed by atoms with van der Waals surface area (Å²) in [5.41, 5.74) is 26.9. The number of allylic oxidation sites excluding steroid dienone is 6. The van der Waals surface area contributed by atoms with Gasteiger partial charge in [-0.2, -0.15) is 0 Å². The molecule has 0 amide bonds. The van der Waals surface area contributed by atoms with Gasteiger partial charge in [0.2, 0.25) is 17.1 Å². The fourth-order valence-corrected chi connectivity index (χ4v) is 18.2. The maximum absolute atomic E-state index is 10.0. The van der Waals surface area contributed by atoms with Crippen molar-refractivity contribution in [1.82, 2.24) is 29.9 Å². The molecule has 0 saturated heterocycles. The van der Waals surface area contributed by atoms with Gasteiger partial charge in [0.1, 0.15) is 0 Å². The van der Waals surface area contributed by atoms with Crippen LogP contribution >= 0.6 is 34.0 Å². The Bertz CT molecular complexity index is 6990. The quantitative estimate of drug-likeness (QED) is 0.0693. The topological polar surface area (TPSA) is 229 Å². The predicted octanol–water partition coefficient (Wildman–Crippen LogP) is 27.7. The second-order valence-electron chi connectivity index (χ2n) is 31.2. The molecule has 3 radical (unpaired) electrons. The van der Waals surface area contributed by atoms with Crippen molar-refractivity contribution in [3.63, 3.8) is 0 Å². The van der Waals surface area contributed by atoms with Gasteiger partial charge in [-0.1, -0.05) is 131 Å². The molecule has 3 N–H and O–H groups in total. The monoisotopic (exact) mass is 2210 g/mol. The van der Waals surface area contributed by atoms with E-state index in [0.717, 1.165) is 116 Å². The minimum Gasteiger partial charge on any atom is -0.512 e. The molecule has 0 aliphatic carbocycles. The molecule has 12 heterocycles. The summed E-state index contributed by atoms with van der Waals surface area (Å²) in [6.45, 7) is 36.5. The zero-order chi connectivity index (χ0) is 85.2. The van der Waals surface area contributed by atoms with Gasteiger partial charge in [0.25, 0.3) is 0 Å². The number of aryl methyl sites for hydroxylation is 10. The number of aliphatic hydroxyl groups excluding tert-OH is 3. The van der Waals surface area contributed by atoms with Gasteiger partial charge in [0, 0.05) is 175 Å². The van der Waals surface area contributed by atoms with Crippen molar-refractivity contribution >= 4 is 148 Å². The third-order valence-corrected chi connectivity index (χ3v) is 23.0. The average Bonchev–Trinajstić information content (AvgIpc) is 1.60.